The predicted molar refractivity (Wildman–Crippen MR) is 105 cm³/mol. The monoisotopic (exact) mass is 368 g/mol. The molecule has 0 bridgehead atoms. The van der Waals surface area contributed by atoms with Gasteiger partial charge in [0.25, 0.3) is 0 Å². The summed E-state index contributed by atoms with van der Waals surface area (Å²) in [4.78, 5) is 8.84. The van der Waals surface area contributed by atoms with Gasteiger partial charge in [-0.1, -0.05) is 48.0 Å². The van der Waals surface area contributed by atoms with Crippen LogP contribution in [0.4, 0.5) is 0 Å². The Hall–Kier alpha value is -2.86. The van der Waals surface area contributed by atoms with Crippen LogP contribution in [0, 0.1) is 0 Å². The fourth-order valence-corrected chi connectivity index (χ4v) is 2.70. The number of nitrogens with zero attached hydrogens (tertiary/aromatic N) is 3. The molecule has 7 heteroatoms. The van der Waals surface area contributed by atoms with Gasteiger partial charge >= 0.3 is 0 Å². The normalized spacial score (nSPS) is 11.4. The van der Waals surface area contributed by atoms with Gasteiger partial charge in [-0.3, -0.25) is 5.10 Å². The van der Waals surface area contributed by atoms with E-state index >= 15 is 0 Å². The maximum absolute atomic E-state index is 6.21. The lowest BCUT2D eigenvalue weighted by Gasteiger charge is -2.12. The maximum atomic E-state index is 6.21. The Kier molecular flexibility index (Phi) is 6.22. The highest BCUT2D eigenvalue weighted by Crippen LogP contribution is 2.16. The number of aromatic amines is 1. The summed E-state index contributed by atoms with van der Waals surface area (Å²) in [7, 11) is 0. The first-order valence-corrected chi connectivity index (χ1v) is 8.84. The van der Waals surface area contributed by atoms with E-state index in [-0.39, 0.29) is 0 Å². The van der Waals surface area contributed by atoms with Crippen molar-refractivity contribution in [1.29, 1.82) is 0 Å². The van der Waals surface area contributed by atoms with Crippen LogP contribution < -0.4 is 10.6 Å². The number of rotatable bonds is 6. The number of nitrogens with one attached hydrogen (secondary N) is 3. The first kappa shape index (κ1) is 17.9. The number of hydrogen-bond donors (Lipinski definition) is 3. The van der Waals surface area contributed by atoms with Crippen LogP contribution in [0.3, 0.4) is 0 Å². The summed E-state index contributed by atoms with van der Waals surface area (Å²) in [6.07, 6.45) is 1.50. The Balaban J connectivity index is 1.67. The number of halogens is 1. The van der Waals surface area contributed by atoms with E-state index in [1.54, 1.807) is 0 Å². The van der Waals surface area contributed by atoms with E-state index in [0.717, 1.165) is 40.0 Å². The molecule has 134 valence electrons. The maximum Gasteiger partial charge on any atom is 0.191 e. The highest BCUT2D eigenvalue weighted by atomic mass is 35.5. The summed E-state index contributed by atoms with van der Waals surface area (Å²) < 4.78 is 0. The molecule has 3 aromatic rings. The highest BCUT2D eigenvalue weighted by molar-refractivity contribution is 6.31. The Morgan fingerprint density at radius 3 is 2.81 bits per heavy atom. The van der Waals surface area contributed by atoms with Crippen molar-refractivity contribution in [3.05, 3.63) is 71.0 Å². The van der Waals surface area contributed by atoms with Crippen molar-refractivity contribution in [1.82, 2.24) is 25.8 Å². The van der Waals surface area contributed by atoms with E-state index in [1.165, 1.54) is 6.33 Å². The van der Waals surface area contributed by atoms with Gasteiger partial charge in [-0.25, -0.2) is 9.98 Å². The Morgan fingerprint density at radius 2 is 2.04 bits per heavy atom. The summed E-state index contributed by atoms with van der Waals surface area (Å²) >= 11 is 6.21. The van der Waals surface area contributed by atoms with Crippen molar-refractivity contribution in [2.75, 3.05) is 6.54 Å². The molecule has 0 spiro atoms. The van der Waals surface area contributed by atoms with Crippen molar-refractivity contribution in [3.63, 3.8) is 0 Å². The third-order valence-electron chi connectivity index (χ3n) is 3.78. The molecule has 6 nitrogen and oxygen atoms in total. The molecule has 0 saturated carbocycles. The molecule has 1 aromatic heterocycles. The molecule has 0 unspecified atom stereocenters. The second-order valence-corrected chi connectivity index (χ2v) is 6.08. The molecule has 0 saturated heterocycles. The van der Waals surface area contributed by atoms with Crippen molar-refractivity contribution in [3.8, 4) is 11.4 Å². The van der Waals surface area contributed by atoms with Gasteiger partial charge in [0, 0.05) is 23.7 Å². The molecule has 0 aliphatic carbocycles. The average molecular weight is 369 g/mol. The number of H-pyrrole nitrogens is 1. The van der Waals surface area contributed by atoms with Crippen LogP contribution >= 0.6 is 11.6 Å². The van der Waals surface area contributed by atoms with Gasteiger partial charge in [-0.15, -0.1) is 0 Å². The third kappa shape index (κ3) is 4.83. The second kappa shape index (κ2) is 9.01. The minimum atomic E-state index is 0.555. The Morgan fingerprint density at radius 1 is 1.15 bits per heavy atom. The quantitative estimate of drug-likeness (QED) is 0.460. The lowest BCUT2D eigenvalue weighted by molar-refractivity contribution is 0.816. The first-order chi connectivity index (χ1) is 12.8. The topological polar surface area (TPSA) is 78.0 Å². The Labute approximate surface area is 157 Å². The SMILES string of the molecule is CCNC(=NCc1cccc(-c2ncn[nH]2)c1)NCc1ccccc1Cl. The standard InChI is InChI=1S/C19H21ClN6/c1-2-21-19(23-12-16-7-3-4-9-17(16)20)22-11-14-6-5-8-15(10-14)18-24-13-25-26-18/h3-10,13H,2,11-12H2,1H3,(H2,21,22,23)(H,24,25,26). The van der Waals surface area contributed by atoms with Gasteiger partial charge < -0.3 is 10.6 Å². The van der Waals surface area contributed by atoms with E-state index in [2.05, 4.69) is 36.9 Å². The molecular formula is C19H21ClN6. The number of aromatic nitrogens is 3. The fourth-order valence-electron chi connectivity index (χ4n) is 2.49. The second-order valence-electron chi connectivity index (χ2n) is 5.67. The van der Waals surface area contributed by atoms with Crippen molar-refractivity contribution in [2.45, 2.75) is 20.0 Å². The van der Waals surface area contributed by atoms with Crippen molar-refractivity contribution in [2.24, 2.45) is 4.99 Å². The number of aliphatic imine (C=N–C) groups is 1. The zero-order valence-corrected chi connectivity index (χ0v) is 15.3. The summed E-state index contributed by atoms with van der Waals surface area (Å²) in [5.74, 6) is 1.50. The summed E-state index contributed by atoms with van der Waals surface area (Å²) in [6.45, 7) is 3.99. The molecule has 2 aromatic carbocycles. The predicted octanol–water partition coefficient (Wildman–Crippen LogP) is 3.38. The van der Waals surface area contributed by atoms with Crippen LogP contribution in [0.2, 0.25) is 5.02 Å². The van der Waals surface area contributed by atoms with Gasteiger partial charge in [0.2, 0.25) is 0 Å². The van der Waals surface area contributed by atoms with Crippen LogP contribution in [0.25, 0.3) is 11.4 Å². The summed E-state index contributed by atoms with van der Waals surface area (Å²) in [5.41, 5.74) is 3.12. The van der Waals surface area contributed by atoms with Crippen molar-refractivity contribution >= 4 is 17.6 Å². The van der Waals surface area contributed by atoms with Crippen molar-refractivity contribution < 1.29 is 0 Å². The van der Waals surface area contributed by atoms with Gasteiger partial charge in [0.1, 0.15) is 6.33 Å². The minimum Gasteiger partial charge on any atom is -0.357 e. The van der Waals surface area contributed by atoms with E-state index in [9.17, 15) is 0 Å². The molecule has 0 amide bonds. The smallest absolute Gasteiger partial charge is 0.191 e. The van der Waals surface area contributed by atoms with Crippen LogP contribution in [0.5, 0.6) is 0 Å². The van der Waals surface area contributed by atoms with Gasteiger partial charge in [-0.2, -0.15) is 5.10 Å². The Bertz CT molecular complexity index is 860. The lowest BCUT2D eigenvalue weighted by Crippen LogP contribution is -2.36. The lowest BCUT2D eigenvalue weighted by atomic mass is 10.1. The van der Waals surface area contributed by atoms with Gasteiger partial charge in [-0.05, 0) is 30.2 Å². The molecule has 0 aliphatic rings. The van der Waals surface area contributed by atoms with E-state index in [0.29, 0.717) is 13.1 Å². The molecule has 0 radical (unpaired) electrons. The molecule has 26 heavy (non-hydrogen) atoms. The van der Waals surface area contributed by atoms with E-state index in [4.69, 9.17) is 11.6 Å². The molecule has 1 heterocycles. The molecule has 3 rings (SSSR count). The van der Waals surface area contributed by atoms with Crippen LogP contribution in [-0.2, 0) is 13.1 Å². The molecule has 3 N–H and O–H groups in total. The summed E-state index contributed by atoms with van der Waals surface area (Å²) in [6, 6.07) is 15.9. The third-order valence-corrected chi connectivity index (χ3v) is 4.15. The number of benzene rings is 2. The number of guanidine groups is 1. The minimum absolute atomic E-state index is 0.555. The van der Waals surface area contributed by atoms with Crippen LogP contribution in [0.15, 0.2) is 59.9 Å². The molecule has 0 atom stereocenters. The van der Waals surface area contributed by atoms with Crippen LogP contribution in [0.1, 0.15) is 18.1 Å². The zero-order valence-electron chi connectivity index (χ0n) is 14.5. The highest BCUT2D eigenvalue weighted by Gasteiger charge is 2.04. The molecular weight excluding hydrogens is 348 g/mol. The summed E-state index contributed by atoms with van der Waals surface area (Å²) in [5, 5.41) is 14.1. The fraction of sp³-hybridized carbons (Fsp3) is 0.211. The zero-order chi connectivity index (χ0) is 18.2. The largest absolute Gasteiger partial charge is 0.357 e. The first-order valence-electron chi connectivity index (χ1n) is 8.46. The van der Waals surface area contributed by atoms with Crippen LogP contribution in [-0.4, -0.2) is 27.7 Å². The number of hydrogen-bond acceptors (Lipinski definition) is 3. The molecule has 0 fully saturated rings. The van der Waals surface area contributed by atoms with E-state index in [1.807, 2.05) is 49.4 Å². The van der Waals surface area contributed by atoms with Gasteiger partial charge in [0.15, 0.2) is 11.8 Å². The average Bonchev–Trinajstić information content (AvgIpc) is 3.20. The molecule has 0 aliphatic heterocycles. The van der Waals surface area contributed by atoms with E-state index < -0.39 is 0 Å². The van der Waals surface area contributed by atoms with Gasteiger partial charge in [0.05, 0.1) is 6.54 Å².